The van der Waals surface area contributed by atoms with Crippen molar-refractivity contribution in [1.29, 1.82) is 0 Å². The van der Waals surface area contributed by atoms with Crippen molar-refractivity contribution in [1.82, 2.24) is 5.32 Å². The molecule has 0 fully saturated rings. The first-order chi connectivity index (χ1) is 26.8. The van der Waals surface area contributed by atoms with Crippen LogP contribution in [0.3, 0.4) is 0 Å². The highest BCUT2D eigenvalue weighted by Crippen LogP contribution is 2.44. The topological polar surface area (TPSA) is 28.4 Å². The van der Waals surface area contributed by atoms with Crippen molar-refractivity contribution < 1.29 is 4.42 Å². The van der Waals surface area contributed by atoms with E-state index >= 15 is 0 Å². The van der Waals surface area contributed by atoms with Gasteiger partial charge in [0.2, 0.25) is 0 Å². The summed E-state index contributed by atoms with van der Waals surface area (Å²) in [5.41, 5.74) is 10.0. The Kier molecular flexibility index (Phi) is 6.93. The maximum atomic E-state index is 6.42. The molecule has 11 rings (SSSR count). The molecule has 0 unspecified atom stereocenters. The van der Waals surface area contributed by atoms with Crippen LogP contribution in [0, 0.1) is 0 Å². The van der Waals surface area contributed by atoms with E-state index in [0.717, 1.165) is 39.4 Å². The van der Waals surface area contributed by atoms with Crippen LogP contribution in [0.4, 0.5) is 11.4 Å². The van der Waals surface area contributed by atoms with Gasteiger partial charge in [-0.25, -0.2) is 0 Å². The lowest BCUT2D eigenvalue weighted by atomic mass is 9.93. The standard InChI is InChI=1S/C51H34N2O/c1-3-13-39-35(11-1)29-46(43-17-7-5-15-41(39)43)33-21-25-37(26-22-33)53(48-31-52-32-50-51(48)45-19-9-10-20-49(45)54-50)38-27-23-34(24-28-38)47-30-36-12-2-4-14-40(36)42-16-6-8-18-44(42)47/h1-31,52H,32H2. The van der Waals surface area contributed by atoms with Gasteiger partial charge in [0, 0.05) is 23.0 Å². The molecular formula is C51H34N2O. The van der Waals surface area contributed by atoms with Crippen molar-refractivity contribution in [3.05, 3.63) is 200 Å². The zero-order chi connectivity index (χ0) is 35.6. The molecule has 0 saturated heterocycles. The molecule has 10 aromatic rings. The van der Waals surface area contributed by atoms with E-state index in [1.54, 1.807) is 0 Å². The van der Waals surface area contributed by atoms with Crippen LogP contribution < -0.4 is 10.2 Å². The van der Waals surface area contributed by atoms with Gasteiger partial charge in [0.05, 0.1) is 17.8 Å². The molecule has 2 heterocycles. The second kappa shape index (κ2) is 12.3. The number of fused-ring (bicyclic) bond motifs is 9. The van der Waals surface area contributed by atoms with E-state index in [9.17, 15) is 0 Å². The van der Waals surface area contributed by atoms with E-state index in [4.69, 9.17) is 4.42 Å². The van der Waals surface area contributed by atoms with E-state index in [1.807, 2.05) is 6.07 Å². The van der Waals surface area contributed by atoms with Crippen LogP contribution >= 0.6 is 0 Å². The summed E-state index contributed by atoms with van der Waals surface area (Å²) in [5, 5.41) is 14.7. The average molecular weight is 691 g/mol. The molecule has 0 aliphatic carbocycles. The van der Waals surface area contributed by atoms with E-state index in [-0.39, 0.29) is 0 Å². The molecular weight excluding hydrogens is 657 g/mol. The van der Waals surface area contributed by atoms with Crippen LogP contribution in [0.15, 0.2) is 193 Å². The lowest BCUT2D eigenvalue weighted by Gasteiger charge is -2.30. The van der Waals surface area contributed by atoms with Gasteiger partial charge in [0.25, 0.3) is 0 Å². The zero-order valence-corrected chi connectivity index (χ0v) is 29.5. The van der Waals surface area contributed by atoms with Crippen LogP contribution in [0.2, 0.25) is 0 Å². The third kappa shape index (κ3) is 4.83. The minimum absolute atomic E-state index is 0.642. The van der Waals surface area contributed by atoms with Crippen molar-refractivity contribution in [2.45, 2.75) is 6.54 Å². The third-order valence-corrected chi connectivity index (χ3v) is 11.1. The van der Waals surface area contributed by atoms with Gasteiger partial charge in [-0.2, -0.15) is 0 Å². The quantitative estimate of drug-likeness (QED) is 0.182. The first-order valence-electron chi connectivity index (χ1n) is 18.5. The Morgan fingerprint density at radius 3 is 1.41 bits per heavy atom. The van der Waals surface area contributed by atoms with Gasteiger partial charge in [-0.3, -0.25) is 0 Å². The monoisotopic (exact) mass is 690 g/mol. The summed E-state index contributed by atoms with van der Waals surface area (Å²) < 4.78 is 6.42. The smallest absolute Gasteiger partial charge is 0.135 e. The number of benzene rings is 9. The molecule has 1 N–H and O–H groups in total. The van der Waals surface area contributed by atoms with Crippen molar-refractivity contribution in [3.8, 4) is 22.3 Å². The molecule has 254 valence electrons. The molecule has 1 aromatic heterocycles. The molecule has 0 bridgehead atoms. The molecule has 0 radical (unpaired) electrons. The highest BCUT2D eigenvalue weighted by Gasteiger charge is 2.27. The summed E-state index contributed by atoms with van der Waals surface area (Å²) in [5.74, 6) is 0.942. The number of furan rings is 1. The van der Waals surface area contributed by atoms with Crippen LogP contribution in [-0.2, 0) is 6.54 Å². The molecule has 0 amide bonds. The van der Waals surface area contributed by atoms with E-state index in [0.29, 0.717) is 6.54 Å². The normalized spacial score (nSPS) is 12.6. The maximum absolute atomic E-state index is 6.42. The summed E-state index contributed by atoms with van der Waals surface area (Å²) in [4.78, 5) is 2.36. The Labute approximate surface area is 313 Å². The number of hydrogen-bond acceptors (Lipinski definition) is 3. The van der Waals surface area contributed by atoms with Crippen molar-refractivity contribution in [2.24, 2.45) is 0 Å². The Bertz CT molecular complexity index is 2940. The van der Waals surface area contributed by atoms with Gasteiger partial charge in [-0.05, 0) is 108 Å². The Hall–Kier alpha value is -7.10. The highest BCUT2D eigenvalue weighted by molar-refractivity contribution is 6.15. The van der Waals surface area contributed by atoms with Crippen molar-refractivity contribution >= 4 is 71.1 Å². The summed E-state index contributed by atoms with van der Waals surface area (Å²) in [7, 11) is 0. The fraction of sp³-hybridized carbons (Fsp3) is 0.0196. The second-order valence-corrected chi connectivity index (χ2v) is 14.1. The van der Waals surface area contributed by atoms with Crippen molar-refractivity contribution in [2.75, 3.05) is 4.90 Å². The summed E-state index contributed by atoms with van der Waals surface area (Å²) in [6, 6.07) is 65.9. The number of anilines is 2. The lowest BCUT2D eigenvalue weighted by Crippen LogP contribution is -2.22. The lowest BCUT2D eigenvalue weighted by molar-refractivity contribution is 0.531. The Morgan fingerprint density at radius 2 is 0.870 bits per heavy atom. The average Bonchev–Trinajstić information content (AvgIpc) is 3.63. The molecule has 1 aliphatic rings. The summed E-state index contributed by atoms with van der Waals surface area (Å²) in [6.45, 7) is 0.642. The minimum Gasteiger partial charge on any atom is -0.458 e. The molecule has 9 aromatic carbocycles. The molecule has 3 heteroatoms. The molecule has 3 nitrogen and oxygen atoms in total. The fourth-order valence-electron chi connectivity index (χ4n) is 8.58. The number of hydrogen-bond donors (Lipinski definition) is 1. The molecule has 1 aliphatic heterocycles. The maximum Gasteiger partial charge on any atom is 0.135 e. The van der Waals surface area contributed by atoms with E-state index in [2.05, 4.69) is 192 Å². The largest absolute Gasteiger partial charge is 0.458 e. The first-order valence-corrected chi connectivity index (χ1v) is 18.5. The van der Waals surface area contributed by atoms with Crippen molar-refractivity contribution in [3.63, 3.8) is 0 Å². The molecule has 0 saturated carbocycles. The number of nitrogens with one attached hydrogen (secondary N) is 1. The summed E-state index contributed by atoms with van der Waals surface area (Å²) >= 11 is 0. The van der Waals surface area contributed by atoms with Gasteiger partial charge in [0.15, 0.2) is 0 Å². The van der Waals surface area contributed by atoms with Gasteiger partial charge in [-0.15, -0.1) is 0 Å². The molecule has 0 spiro atoms. The Morgan fingerprint density at radius 1 is 0.426 bits per heavy atom. The van der Waals surface area contributed by atoms with Crippen LogP contribution in [-0.4, -0.2) is 0 Å². The van der Waals surface area contributed by atoms with Gasteiger partial charge in [0.1, 0.15) is 11.3 Å². The predicted octanol–water partition coefficient (Wildman–Crippen LogP) is 13.6. The van der Waals surface area contributed by atoms with Gasteiger partial charge >= 0.3 is 0 Å². The van der Waals surface area contributed by atoms with Crippen LogP contribution in [0.1, 0.15) is 11.3 Å². The highest BCUT2D eigenvalue weighted by atomic mass is 16.3. The summed E-state index contributed by atoms with van der Waals surface area (Å²) in [6.07, 6.45) is 2.14. The minimum atomic E-state index is 0.642. The molecule has 54 heavy (non-hydrogen) atoms. The second-order valence-electron chi connectivity index (χ2n) is 14.1. The third-order valence-electron chi connectivity index (χ3n) is 11.1. The van der Waals surface area contributed by atoms with E-state index in [1.165, 1.54) is 65.3 Å². The number of rotatable bonds is 5. The fourth-order valence-corrected chi connectivity index (χ4v) is 8.58. The number of nitrogens with zero attached hydrogens (tertiary/aromatic N) is 1. The van der Waals surface area contributed by atoms with Gasteiger partial charge < -0.3 is 14.6 Å². The van der Waals surface area contributed by atoms with Crippen LogP contribution in [0.5, 0.6) is 0 Å². The Balaban J connectivity index is 1.06. The SMILES string of the molecule is C1=C(N(c2ccc(-c3cc4ccccc4c4ccccc34)cc2)c2ccc(-c3cc4ccccc4c4ccccc34)cc2)c2c(oc3ccccc23)CN1. The zero-order valence-electron chi connectivity index (χ0n) is 29.5. The molecule has 0 atom stereocenters. The van der Waals surface area contributed by atoms with Gasteiger partial charge in [-0.1, -0.05) is 140 Å². The predicted molar refractivity (Wildman–Crippen MR) is 227 cm³/mol. The van der Waals surface area contributed by atoms with Crippen LogP contribution in [0.25, 0.3) is 82.0 Å². The van der Waals surface area contributed by atoms with E-state index < -0.39 is 0 Å². The first kappa shape index (κ1) is 30.5. The number of para-hydroxylation sites is 1.